The molecule has 7 nitrogen and oxygen atoms in total. The number of tetrazole rings is 1. The molecule has 2 bridgehead atoms. The molecule has 34 heavy (non-hydrogen) atoms. The van der Waals surface area contributed by atoms with E-state index in [0.717, 1.165) is 55.1 Å². The van der Waals surface area contributed by atoms with Crippen molar-refractivity contribution >= 4 is 20.8 Å². The van der Waals surface area contributed by atoms with E-state index in [1.54, 1.807) is 12.1 Å². The standard InChI is InChI=1S/C26H33N5O2S/c1-26(2)21-15-20(11-5-3-4-6-12-24-27-30-31-28-24)25(23(26)17-21)29-34(32,33)22-14-13-18-9-7-8-10-19(18)16-22/h3,5,7-10,13-14,16,20-21,23,25,29H,4,6,11-12,15,17H2,1-2H3,(H,27,28,30,31)/t20-,21-,23+,25+/m0/s1. The number of rotatable bonds is 9. The summed E-state index contributed by atoms with van der Waals surface area (Å²) in [6.45, 7) is 4.60. The fourth-order valence-electron chi connectivity index (χ4n) is 5.96. The fraction of sp³-hybridized carbons (Fsp3) is 0.500. The number of sulfonamides is 1. The number of nitrogens with one attached hydrogen (secondary N) is 2. The minimum atomic E-state index is -3.60. The van der Waals surface area contributed by atoms with E-state index in [-0.39, 0.29) is 11.5 Å². The zero-order valence-corrected chi connectivity index (χ0v) is 20.6. The van der Waals surface area contributed by atoms with E-state index in [2.05, 4.69) is 51.3 Å². The molecule has 180 valence electrons. The molecule has 8 heteroatoms. The summed E-state index contributed by atoms with van der Waals surface area (Å²) in [5.41, 5.74) is 0.182. The molecule has 6 rings (SSSR count). The van der Waals surface area contributed by atoms with Gasteiger partial charge in [0.25, 0.3) is 0 Å². The molecule has 2 N–H and O–H groups in total. The van der Waals surface area contributed by atoms with Crippen molar-refractivity contribution in [2.24, 2.45) is 23.2 Å². The number of fused-ring (bicyclic) bond motifs is 3. The van der Waals surface area contributed by atoms with Gasteiger partial charge in [-0.25, -0.2) is 13.1 Å². The molecule has 3 fully saturated rings. The lowest BCUT2D eigenvalue weighted by molar-refractivity contribution is -0.108. The van der Waals surface area contributed by atoms with Gasteiger partial charge in [-0.1, -0.05) is 61.5 Å². The quantitative estimate of drug-likeness (QED) is 0.344. The number of unbranched alkanes of at least 4 members (excludes halogenated alkanes) is 1. The van der Waals surface area contributed by atoms with Gasteiger partial charge in [0.2, 0.25) is 10.0 Å². The molecule has 0 unspecified atom stereocenters. The van der Waals surface area contributed by atoms with Crippen LogP contribution in [0.5, 0.6) is 0 Å². The van der Waals surface area contributed by atoms with Gasteiger partial charge in [0, 0.05) is 12.5 Å². The fourth-order valence-corrected chi connectivity index (χ4v) is 7.34. The molecule has 3 aliphatic carbocycles. The number of hydrogen-bond donors (Lipinski definition) is 2. The topological polar surface area (TPSA) is 101 Å². The van der Waals surface area contributed by atoms with E-state index in [0.29, 0.717) is 22.6 Å². The molecule has 2 aromatic carbocycles. The van der Waals surface area contributed by atoms with Gasteiger partial charge in [-0.2, -0.15) is 5.21 Å². The van der Waals surface area contributed by atoms with E-state index in [9.17, 15) is 8.42 Å². The predicted octanol–water partition coefficient (Wildman–Crippen LogP) is 4.65. The number of allylic oxidation sites excluding steroid dienone is 2. The van der Waals surface area contributed by atoms with Crippen molar-refractivity contribution in [2.45, 2.75) is 63.3 Å². The summed E-state index contributed by atoms with van der Waals surface area (Å²) in [5, 5.41) is 16.0. The second-order valence-electron chi connectivity index (χ2n) is 10.4. The lowest BCUT2D eigenvalue weighted by atomic mass is 9.45. The summed E-state index contributed by atoms with van der Waals surface area (Å²) < 4.78 is 30.0. The predicted molar refractivity (Wildman–Crippen MR) is 132 cm³/mol. The number of benzene rings is 2. The zero-order chi connectivity index (χ0) is 23.8. The molecular weight excluding hydrogens is 446 g/mol. The van der Waals surface area contributed by atoms with E-state index < -0.39 is 10.0 Å². The van der Waals surface area contributed by atoms with Gasteiger partial charge in [0.15, 0.2) is 5.82 Å². The molecule has 0 radical (unpaired) electrons. The van der Waals surface area contributed by atoms with Gasteiger partial charge in [0.1, 0.15) is 0 Å². The monoisotopic (exact) mass is 479 g/mol. The van der Waals surface area contributed by atoms with Crippen LogP contribution in [-0.4, -0.2) is 35.1 Å². The summed E-state index contributed by atoms with van der Waals surface area (Å²) in [6, 6.07) is 13.2. The van der Waals surface area contributed by atoms with Crippen molar-refractivity contribution < 1.29 is 8.42 Å². The Kier molecular flexibility index (Phi) is 6.29. The van der Waals surface area contributed by atoms with Crippen molar-refractivity contribution in [1.29, 1.82) is 0 Å². The van der Waals surface area contributed by atoms with Gasteiger partial charge in [0.05, 0.1) is 4.90 Å². The van der Waals surface area contributed by atoms with Gasteiger partial charge in [-0.05, 0) is 78.2 Å². The average Bonchev–Trinajstić information content (AvgIpc) is 3.34. The van der Waals surface area contributed by atoms with Crippen LogP contribution in [-0.2, 0) is 16.4 Å². The van der Waals surface area contributed by atoms with Crippen LogP contribution in [0.25, 0.3) is 10.8 Å². The van der Waals surface area contributed by atoms with Crippen LogP contribution in [0.3, 0.4) is 0 Å². The number of aromatic amines is 1. The van der Waals surface area contributed by atoms with Crippen LogP contribution in [0.1, 0.15) is 51.8 Å². The molecule has 1 aromatic heterocycles. The molecule has 4 atom stereocenters. The van der Waals surface area contributed by atoms with Crippen molar-refractivity contribution in [3.05, 3.63) is 60.4 Å². The van der Waals surface area contributed by atoms with Crippen LogP contribution in [0.4, 0.5) is 0 Å². The highest BCUT2D eigenvalue weighted by Gasteiger charge is 2.58. The van der Waals surface area contributed by atoms with Gasteiger partial charge in [-0.3, -0.25) is 0 Å². The Labute approximate surface area is 201 Å². The highest BCUT2D eigenvalue weighted by Crippen LogP contribution is 2.61. The molecule has 0 amide bonds. The van der Waals surface area contributed by atoms with E-state index in [1.807, 2.05) is 30.3 Å². The number of aryl methyl sites for hydroxylation is 1. The van der Waals surface area contributed by atoms with E-state index >= 15 is 0 Å². The lowest BCUT2D eigenvalue weighted by Crippen LogP contribution is -2.63. The number of nitrogens with zero attached hydrogens (tertiary/aromatic N) is 3. The second kappa shape index (κ2) is 9.23. The molecule has 3 aliphatic rings. The third-order valence-corrected chi connectivity index (χ3v) is 9.62. The third kappa shape index (κ3) is 4.53. The van der Waals surface area contributed by atoms with Crippen LogP contribution in [0.2, 0.25) is 0 Å². The maximum atomic E-state index is 13.4. The third-order valence-electron chi connectivity index (χ3n) is 8.16. The summed E-state index contributed by atoms with van der Waals surface area (Å²) in [4.78, 5) is 0.348. The summed E-state index contributed by atoms with van der Waals surface area (Å²) >= 11 is 0. The largest absolute Gasteiger partial charge is 0.240 e. The first kappa shape index (κ1) is 23.2. The normalized spacial score (nSPS) is 26.1. The van der Waals surface area contributed by atoms with Crippen LogP contribution in [0.15, 0.2) is 59.5 Å². The van der Waals surface area contributed by atoms with Crippen LogP contribution >= 0.6 is 0 Å². The second-order valence-corrected chi connectivity index (χ2v) is 12.2. The Morgan fingerprint density at radius 3 is 2.71 bits per heavy atom. The maximum Gasteiger partial charge on any atom is 0.240 e. The highest BCUT2D eigenvalue weighted by atomic mass is 32.2. The summed E-state index contributed by atoms with van der Waals surface area (Å²) in [5.74, 6) is 2.11. The van der Waals surface area contributed by atoms with Gasteiger partial charge in [-0.15, -0.1) is 10.2 Å². The maximum absolute atomic E-state index is 13.4. The summed E-state index contributed by atoms with van der Waals surface area (Å²) in [7, 11) is -3.60. The first-order valence-corrected chi connectivity index (χ1v) is 13.7. The van der Waals surface area contributed by atoms with Gasteiger partial charge < -0.3 is 0 Å². The van der Waals surface area contributed by atoms with Crippen molar-refractivity contribution in [1.82, 2.24) is 25.3 Å². The van der Waals surface area contributed by atoms with E-state index in [4.69, 9.17) is 0 Å². The smallest absolute Gasteiger partial charge is 0.207 e. The Morgan fingerprint density at radius 2 is 1.94 bits per heavy atom. The Hall–Kier alpha value is -2.58. The summed E-state index contributed by atoms with van der Waals surface area (Å²) in [6.07, 6.45) is 10.2. The first-order chi connectivity index (χ1) is 16.3. The zero-order valence-electron chi connectivity index (χ0n) is 19.8. The van der Waals surface area contributed by atoms with Crippen LogP contribution < -0.4 is 4.72 Å². The minimum Gasteiger partial charge on any atom is -0.207 e. The van der Waals surface area contributed by atoms with Crippen molar-refractivity contribution in [3.8, 4) is 0 Å². The molecule has 1 heterocycles. The molecule has 0 aliphatic heterocycles. The Balaban J connectivity index is 1.27. The molecule has 0 saturated heterocycles. The SMILES string of the molecule is CC1(C)[C@H]2C[C@H](CC=CCCCc3nn[nH]n3)[C@@H](NS(=O)(=O)c3ccc4ccccc4c3)[C@H]1C2. The number of H-pyrrole nitrogens is 1. The first-order valence-electron chi connectivity index (χ1n) is 12.2. The number of aromatic nitrogens is 4. The Morgan fingerprint density at radius 1 is 1.12 bits per heavy atom. The van der Waals surface area contributed by atoms with Crippen molar-refractivity contribution in [3.63, 3.8) is 0 Å². The molecule has 0 spiro atoms. The average molecular weight is 480 g/mol. The van der Waals surface area contributed by atoms with Gasteiger partial charge >= 0.3 is 0 Å². The van der Waals surface area contributed by atoms with Crippen molar-refractivity contribution in [2.75, 3.05) is 0 Å². The molecule has 3 saturated carbocycles. The lowest BCUT2D eigenvalue weighted by Gasteiger charge is -2.62. The molecular formula is C26H33N5O2S. The van der Waals surface area contributed by atoms with Crippen LogP contribution in [0, 0.1) is 23.2 Å². The highest BCUT2D eigenvalue weighted by molar-refractivity contribution is 7.89. The number of hydrogen-bond acceptors (Lipinski definition) is 5. The molecule has 3 aromatic rings. The van der Waals surface area contributed by atoms with E-state index in [1.165, 1.54) is 0 Å². The minimum absolute atomic E-state index is 0.0412. The Bertz CT molecular complexity index is 1270.